The molecule has 112 valence electrons. The van der Waals surface area contributed by atoms with E-state index in [1.165, 1.54) is 10.4 Å². The zero-order valence-corrected chi connectivity index (χ0v) is 13.0. The van der Waals surface area contributed by atoms with E-state index >= 15 is 0 Å². The van der Waals surface area contributed by atoms with Gasteiger partial charge >= 0.3 is 0 Å². The fourth-order valence-electron chi connectivity index (χ4n) is 2.55. The molecule has 0 saturated carbocycles. The second-order valence-corrected chi connectivity index (χ2v) is 7.44. The molecule has 0 aliphatic carbocycles. The van der Waals surface area contributed by atoms with Gasteiger partial charge in [0.05, 0.1) is 17.1 Å². The first-order valence-corrected chi connectivity index (χ1v) is 8.42. The van der Waals surface area contributed by atoms with Crippen LogP contribution in [0.4, 0.5) is 0 Å². The van der Waals surface area contributed by atoms with Gasteiger partial charge in [-0.2, -0.15) is 4.31 Å². The molecule has 1 fully saturated rings. The third-order valence-corrected chi connectivity index (χ3v) is 5.95. The molecular weight excluding hydrogens is 312 g/mol. The van der Waals surface area contributed by atoms with Gasteiger partial charge in [-0.25, -0.2) is 13.1 Å². The van der Waals surface area contributed by atoms with Crippen molar-refractivity contribution in [1.29, 1.82) is 0 Å². The minimum absolute atomic E-state index is 0.0294. The quantitative estimate of drug-likeness (QED) is 0.863. The lowest BCUT2D eigenvalue weighted by atomic mass is 10.2. The van der Waals surface area contributed by atoms with E-state index < -0.39 is 10.0 Å². The molecular formula is C13H15ClN4O2S. The summed E-state index contributed by atoms with van der Waals surface area (Å²) in [5, 5.41) is 8.13. The van der Waals surface area contributed by atoms with Crippen LogP contribution in [0.1, 0.15) is 18.0 Å². The van der Waals surface area contributed by atoms with Crippen molar-refractivity contribution >= 4 is 21.6 Å². The Hall–Kier alpha value is -1.44. The highest BCUT2D eigenvalue weighted by molar-refractivity contribution is 7.89. The van der Waals surface area contributed by atoms with Gasteiger partial charge in [-0.3, -0.25) is 0 Å². The summed E-state index contributed by atoms with van der Waals surface area (Å²) in [5.74, 6) is 0. The monoisotopic (exact) mass is 326 g/mol. The lowest BCUT2D eigenvalue weighted by Crippen LogP contribution is -2.30. The van der Waals surface area contributed by atoms with E-state index in [-0.39, 0.29) is 10.9 Å². The van der Waals surface area contributed by atoms with Gasteiger partial charge < -0.3 is 0 Å². The molecule has 1 aromatic heterocycles. The van der Waals surface area contributed by atoms with Gasteiger partial charge in [-0.1, -0.05) is 22.9 Å². The van der Waals surface area contributed by atoms with Crippen molar-refractivity contribution < 1.29 is 8.42 Å². The maximum Gasteiger partial charge on any atom is 0.243 e. The summed E-state index contributed by atoms with van der Waals surface area (Å²) in [5.41, 5.74) is 0.698. The van der Waals surface area contributed by atoms with Crippen molar-refractivity contribution in [3.05, 3.63) is 41.2 Å². The van der Waals surface area contributed by atoms with Gasteiger partial charge in [0.15, 0.2) is 0 Å². The Balaban J connectivity index is 1.88. The van der Waals surface area contributed by atoms with Gasteiger partial charge in [0.1, 0.15) is 0 Å². The molecule has 1 saturated heterocycles. The zero-order valence-electron chi connectivity index (χ0n) is 11.5. The lowest BCUT2D eigenvalue weighted by Gasteiger charge is -2.18. The van der Waals surface area contributed by atoms with Crippen LogP contribution in [0.2, 0.25) is 5.02 Å². The second kappa shape index (κ2) is 5.40. The van der Waals surface area contributed by atoms with E-state index in [1.807, 2.05) is 0 Å². The molecule has 1 atom stereocenters. The highest BCUT2D eigenvalue weighted by Crippen LogP contribution is 2.29. The molecule has 3 rings (SSSR count). The predicted octanol–water partition coefficient (Wildman–Crippen LogP) is 1.88. The summed E-state index contributed by atoms with van der Waals surface area (Å²) < 4.78 is 28.7. The number of halogens is 1. The minimum Gasteiger partial charge on any atom is -0.248 e. The van der Waals surface area contributed by atoms with Crippen LogP contribution in [0.15, 0.2) is 35.5 Å². The van der Waals surface area contributed by atoms with E-state index in [1.54, 1.807) is 36.1 Å². The molecule has 1 aliphatic rings. The predicted molar refractivity (Wildman–Crippen MR) is 78.6 cm³/mol. The van der Waals surface area contributed by atoms with Gasteiger partial charge in [0, 0.05) is 24.3 Å². The molecule has 0 spiro atoms. The van der Waals surface area contributed by atoms with Crippen LogP contribution in [0.5, 0.6) is 0 Å². The Labute approximate surface area is 128 Å². The Bertz CT molecular complexity index is 746. The van der Waals surface area contributed by atoms with E-state index in [9.17, 15) is 8.42 Å². The molecule has 0 bridgehead atoms. The van der Waals surface area contributed by atoms with Crippen LogP contribution in [-0.2, 0) is 10.0 Å². The van der Waals surface area contributed by atoms with Gasteiger partial charge in [0.2, 0.25) is 10.0 Å². The minimum atomic E-state index is -3.53. The zero-order chi connectivity index (χ0) is 15.0. The Kier molecular flexibility index (Phi) is 3.73. The second-order valence-electron chi connectivity index (χ2n) is 5.10. The molecule has 0 amide bonds. The number of nitrogens with zero attached hydrogens (tertiary/aromatic N) is 4. The number of hydrogen-bond donors (Lipinski definition) is 0. The number of aromatic nitrogens is 3. The Morgan fingerprint density at radius 2 is 2.19 bits per heavy atom. The average Bonchev–Trinajstić information content (AvgIpc) is 3.11. The molecule has 0 radical (unpaired) electrons. The Morgan fingerprint density at radius 3 is 2.90 bits per heavy atom. The van der Waals surface area contributed by atoms with Crippen molar-refractivity contribution in [3.8, 4) is 0 Å². The molecule has 0 unspecified atom stereocenters. The lowest BCUT2D eigenvalue weighted by molar-refractivity contribution is 0.428. The molecule has 6 nitrogen and oxygen atoms in total. The molecule has 21 heavy (non-hydrogen) atoms. The molecule has 8 heteroatoms. The molecule has 1 aromatic carbocycles. The topological polar surface area (TPSA) is 68.1 Å². The van der Waals surface area contributed by atoms with Crippen molar-refractivity contribution in [1.82, 2.24) is 19.3 Å². The first kappa shape index (κ1) is 14.5. The van der Waals surface area contributed by atoms with Crippen molar-refractivity contribution in [2.24, 2.45) is 0 Å². The fourth-order valence-corrected chi connectivity index (χ4v) is 4.53. The van der Waals surface area contributed by atoms with Crippen molar-refractivity contribution in [3.63, 3.8) is 0 Å². The molecule has 1 aliphatic heterocycles. The highest BCUT2D eigenvalue weighted by Gasteiger charge is 2.34. The largest absolute Gasteiger partial charge is 0.248 e. The highest BCUT2D eigenvalue weighted by atomic mass is 35.5. The fraction of sp³-hybridized carbons (Fsp3) is 0.385. The number of aryl methyl sites for hydroxylation is 1. The SMILES string of the molecule is Cc1ccc(Cl)cc1S(=O)(=O)N1CC[C@H](n2ccnn2)C1. The summed E-state index contributed by atoms with van der Waals surface area (Å²) >= 11 is 5.93. The summed E-state index contributed by atoms with van der Waals surface area (Å²) in [6.45, 7) is 2.64. The summed E-state index contributed by atoms with van der Waals surface area (Å²) in [7, 11) is -3.53. The summed E-state index contributed by atoms with van der Waals surface area (Å²) in [6, 6.07) is 4.95. The average molecular weight is 327 g/mol. The van der Waals surface area contributed by atoms with Crippen LogP contribution >= 0.6 is 11.6 Å². The molecule has 0 N–H and O–H groups in total. The van der Waals surface area contributed by atoms with Crippen LogP contribution in [0.25, 0.3) is 0 Å². The van der Waals surface area contributed by atoms with Gasteiger partial charge in [-0.05, 0) is 31.0 Å². The van der Waals surface area contributed by atoms with Gasteiger partial charge in [0.25, 0.3) is 0 Å². The molecule has 2 aromatic rings. The van der Waals surface area contributed by atoms with Crippen LogP contribution < -0.4 is 0 Å². The third-order valence-electron chi connectivity index (χ3n) is 3.71. The van der Waals surface area contributed by atoms with Crippen LogP contribution in [0.3, 0.4) is 0 Å². The van der Waals surface area contributed by atoms with Crippen LogP contribution in [0, 0.1) is 6.92 Å². The van der Waals surface area contributed by atoms with E-state index in [0.717, 1.165) is 6.42 Å². The maximum absolute atomic E-state index is 12.7. The van der Waals surface area contributed by atoms with Gasteiger partial charge in [-0.15, -0.1) is 5.10 Å². The number of rotatable bonds is 3. The normalized spacial score (nSPS) is 20.0. The van der Waals surface area contributed by atoms with E-state index in [0.29, 0.717) is 23.7 Å². The smallest absolute Gasteiger partial charge is 0.243 e. The van der Waals surface area contributed by atoms with Crippen molar-refractivity contribution in [2.45, 2.75) is 24.3 Å². The number of benzene rings is 1. The standard InChI is InChI=1S/C13H15ClN4O2S/c1-10-2-3-11(14)8-13(10)21(19,20)17-6-4-12(9-17)18-7-5-15-16-18/h2-3,5,7-8,12H,4,6,9H2,1H3/t12-/m0/s1. The molecule has 2 heterocycles. The first-order chi connectivity index (χ1) is 9.98. The van der Waals surface area contributed by atoms with Crippen molar-refractivity contribution in [2.75, 3.05) is 13.1 Å². The maximum atomic E-state index is 12.7. The van der Waals surface area contributed by atoms with Crippen LogP contribution in [-0.4, -0.2) is 40.8 Å². The summed E-state index contributed by atoms with van der Waals surface area (Å²) in [6.07, 6.45) is 4.08. The number of sulfonamides is 1. The number of hydrogen-bond acceptors (Lipinski definition) is 4. The third kappa shape index (κ3) is 2.68. The summed E-state index contributed by atoms with van der Waals surface area (Å²) in [4.78, 5) is 0.272. The first-order valence-electron chi connectivity index (χ1n) is 6.60. The van der Waals surface area contributed by atoms with E-state index in [2.05, 4.69) is 10.3 Å². The van der Waals surface area contributed by atoms with E-state index in [4.69, 9.17) is 11.6 Å². The Morgan fingerprint density at radius 1 is 1.38 bits per heavy atom.